The summed E-state index contributed by atoms with van der Waals surface area (Å²) in [5, 5.41) is 1.10. The third kappa shape index (κ3) is 2.93. The molecule has 0 aliphatic heterocycles. The molecule has 6 heteroatoms. The maximum Gasteiger partial charge on any atom is 0.276 e. The highest BCUT2D eigenvalue weighted by atomic mass is 16.5. The minimum Gasteiger partial charge on any atom is -0.484 e. The molecule has 0 unspecified atom stereocenters. The summed E-state index contributed by atoms with van der Waals surface area (Å²) in [6.07, 6.45) is 6.00. The van der Waals surface area contributed by atoms with Gasteiger partial charge in [0.15, 0.2) is 6.61 Å². The molecule has 2 aromatic carbocycles. The lowest BCUT2D eigenvalue weighted by Gasteiger charge is -2.10. The van der Waals surface area contributed by atoms with Crippen molar-refractivity contribution in [2.45, 2.75) is 25.7 Å². The number of furan rings is 1. The molecule has 1 amide bonds. The molecule has 27 heavy (non-hydrogen) atoms. The van der Waals surface area contributed by atoms with Crippen molar-refractivity contribution < 1.29 is 13.9 Å². The van der Waals surface area contributed by atoms with Gasteiger partial charge in [0.05, 0.1) is 11.0 Å². The van der Waals surface area contributed by atoms with Crippen molar-refractivity contribution >= 4 is 27.9 Å². The number of nitrogens with one attached hydrogen (secondary N) is 1. The summed E-state index contributed by atoms with van der Waals surface area (Å²) in [6, 6.07) is 13.4. The number of ether oxygens (including phenoxy) is 1. The van der Waals surface area contributed by atoms with E-state index in [0.29, 0.717) is 5.75 Å². The van der Waals surface area contributed by atoms with Crippen molar-refractivity contribution in [3.63, 3.8) is 0 Å². The number of imidazole rings is 1. The molecule has 0 saturated carbocycles. The maximum atomic E-state index is 12.3. The van der Waals surface area contributed by atoms with E-state index < -0.39 is 0 Å². The van der Waals surface area contributed by atoms with E-state index in [9.17, 15) is 4.79 Å². The van der Waals surface area contributed by atoms with E-state index >= 15 is 0 Å². The molecular formula is C21H19N3O3. The number of benzene rings is 2. The lowest BCUT2D eigenvalue weighted by Crippen LogP contribution is -2.27. The first kappa shape index (κ1) is 15.9. The Morgan fingerprint density at radius 2 is 2.07 bits per heavy atom. The van der Waals surface area contributed by atoms with Crippen LogP contribution in [-0.4, -0.2) is 22.2 Å². The summed E-state index contributed by atoms with van der Waals surface area (Å²) in [7, 11) is 0. The number of amides is 1. The lowest BCUT2D eigenvalue weighted by molar-refractivity contribution is -0.119. The van der Waals surface area contributed by atoms with Gasteiger partial charge in [-0.25, -0.2) is 9.66 Å². The highest BCUT2D eigenvalue weighted by Gasteiger charge is 2.18. The van der Waals surface area contributed by atoms with Gasteiger partial charge in [-0.05, 0) is 49.6 Å². The van der Waals surface area contributed by atoms with Crippen molar-refractivity contribution in [1.29, 1.82) is 0 Å². The fourth-order valence-electron chi connectivity index (χ4n) is 3.70. The van der Waals surface area contributed by atoms with Gasteiger partial charge in [0.25, 0.3) is 5.91 Å². The molecule has 5 rings (SSSR count). The molecular weight excluding hydrogens is 342 g/mol. The molecule has 0 fully saturated rings. The van der Waals surface area contributed by atoms with Gasteiger partial charge in [0, 0.05) is 17.4 Å². The van der Waals surface area contributed by atoms with Gasteiger partial charge in [-0.15, -0.1) is 0 Å². The minimum absolute atomic E-state index is 0.0714. The molecule has 1 aliphatic rings. The first-order valence-corrected chi connectivity index (χ1v) is 9.17. The van der Waals surface area contributed by atoms with E-state index in [2.05, 4.69) is 10.4 Å². The zero-order valence-corrected chi connectivity index (χ0v) is 14.8. The van der Waals surface area contributed by atoms with E-state index in [-0.39, 0.29) is 12.5 Å². The van der Waals surface area contributed by atoms with Crippen molar-refractivity contribution in [2.24, 2.45) is 0 Å². The summed E-state index contributed by atoms with van der Waals surface area (Å²) in [5.41, 5.74) is 6.64. The second-order valence-electron chi connectivity index (χ2n) is 6.80. The predicted molar refractivity (Wildman–Crippen MR) is 102 cm³/mol. The third-order valence-corrected chi connectivity index (χ3v) is 5.00. The second-order valence-corrected chi connectivity index (χ2v) is 6.80. The quantitative estimate of drug-likeness (QED) is 0.600. The number of aryl methyl sites for hydroxylation is 2. The van der Waals surface area contributed by atoms with Crippen LogP contribution in [0.25, 0.3) is 22.0 Å². The molecule has 6 nitrogen and oxygen atoms in total. The molecule has 0 saturated heterocycles. The third-order valence-electron chi connectivity index (χ3n) is 5.00. The molecule has 0 spiro atoms. The average Bonchev–Trinajstić information content (AvgIpc) is 3.27. The molecule has 4 aromatic rings. The first-order chi connectivity index (χ1) is 13.3. The maximum absolute atomic E-state index is 12.3. The Hall–Kier alpha value is -3.28. The van der Waals surface area contributed by atoms with E-state index in [4.69, 9.17) is 9.15 Å². The number of carbonyl (C=O) groups excluding carboxylic acids is 1. The fraction of sp³-hybridized carbons (Fsp3) is 0.238. The Morgan fingerprint density at radius 1 is 1.19 bits per heavy atom. The minimum atomic E-state index is -0.243. The molecule has 136 valence electrons. The van der Waals surface area contributed by atoms with Crippen LogP contribution in [0.4, 0.5) is 0 Å². The molecule has 0 bridgehead atoms. The second kappa shape index (κ2) is 6.46. The fourth-order valence-corrected chi connectivity index (χ4v) is 3.70. The van der Waals surface area contributed by atoms with Crippen LogP contribution in [0, 0.1) is 0 Å². The van der Waals surface area contributed by atoms with Gasteiger partial charge in [-0.1, -0.05) is 12.1 Å². The van der Waals surface area contributed by atoms with Gasteiger partial charge in [0.1, 0.15) is 23.4 Å². The van der Waals surface area contributed by atoms with Crippen molar-refractivity contribution in [2.75, 3.05) is 12.0 Å². The molecule has 0 atom stereocenters. The number of nitrogens with zero attached hydrogens (tertiary/aromatic N) is 2. The van der Waals surface area contributed by atoms with Crippen LogP contribution >= 0.6 is 0 Å². The van der Waals surface area contributed by atoms with Crippen LogP contribution in [-0.2, 0) is 17.6 Å². The van der Waals surface area contributed by atoms with E-state index in [1.54, 1.807) is 11.0 Å². The Bertz CT molecular complexity index is 1140. The van der Waals surface area contributed by atoms with Crippen molar-refractivity contribution in [3.05, 3.63) is 60.1 Å². The average molecular weight is 361 g/mol. The zero-order valence-electron chi connectivity index (χ0n) is 14.8. The van der Waals surface area contributed by atoms with Crippen LogP contribution in [0.5, 0.6) is 5.75 Å². The highest BCUT2D eigenvalue weighted by Crippen LogP contribution is 2.33. The number of hydrogen-bond acceptors (Lipinski definition) is 4. The molecule has 2 heterocycles. The Kier molecular flexibility index (Phi) is 3.81. The summed E-state index contributed by atoms with van der Waals surface area (Å²) in [4.78, 5) is 16.5. The Balaban J connectivity index is 1.30. The number of aromatic nitrogens is 2. The van der Waals surface area contributed by atoms with Gasteiger partial charge >= 0.3 is 0 Å². The summed E-state index contributed by atoms with van der Waals surface area (Å²) in [5.74, 6) is 1.52. The topological polar surface area (TPSA) is 69.3 Å². The highest BCUT2D eigenvalue weighted by molar-refractivity contribution is 5.88. The molecule has 0 radical (unpaired) electrons. The van der Waals surface area contributed by atoms with Gasteiger partial charge < -0.3 is 9.15 Å². The van der Waals surface area contributed by atoms with Gasteiger partial charge in [-0.2, -0.15) is 0 Å². The van der Waals surface area contributed by atoms with Crippen LogP contribution in [0.2, 0.25) is 0 Å². The van der Waals surface area contributed by atoms with Crippen molar-refractivity contribution in [1.82, 2.24) is 9.66 Å². The Morgan fingerprint density at radius 3 is 3.04 bits per heavy atom. The number of carbonyl (C=O) groups is 1. The zero-order chi connectivity index (χ0) is 18.2. The standard InChI is InChI=1S/C21H19N3O3/c25-21(23-24-13-22-17-6-2-3-7-18(17)24)12-26-14-9-10-20-16(11-14)15-5-1-4-8-19(15)27-20/h2-3,6-7,9-11,13H,1,4-5,8,12H2,(H,23,25). The first-order valence-electron chi connectivity index (χ1n) is 9.17. The number of fused-ring (bicyclic) bond motifs is 4. The molecule has 1 aliphatic carbocycles. The van der Waals surface area contributed by atoms with Crippen LogP contribution in [0.15, 0.2) is 53.2 Å². The molecule has 2 aromatic heterocycles. The summed E-state index contributed by atoms with van der Waals surface area (Å²) >= 11 is 0. The SMILES string of the molecule is O=C(COc1ccc2oc3c(c2c1)CCCC3)Nn1cnc2ccccc21. The smallest absolute Gasteiger partial charge is 0.276 e. The van der Waals surface area contributed by atoms with Crippen LogP contribution in [0.1, 0.15) is 24.2 Å². The number of para-hydroxylation sites is 2. The van der Waals surface area contributed by atoms with Gasteiger partial charge in [-0.3, -0.25) is 10.2 Å². The van der Waals surface area contributed by atoms with Crippen molar-refractivity contribution in [3.8, 4) is 5.75 Å². The predicted octanol–water partition coefficient (Wildman–Crippen LogP) is 3.81. The normalized spacial score (nSPS) is 13.6. The summed E-state index contributed by atoms with van der Waals surface area (Å²) < 4.78 is 13.3. The van der Waals surface area contributed by atoms with Crippen LogP contribution < -0.4 is 10.2 Å². The summed E-state index contributed by atoms with van der Waals surface area (Å²) in [6.45, 7) is -0.0714. The number of rotatable bonds is 4. The lowest BCUT2D eigenvalue weighted by atomic mass is 9.96. The monoisotopic (exact) mass is 361 g/mol. The van der Waals surface area contributed by atoms with Gasteiger partial charge in [0.2, 0.25) is 0 Å². The van der Waals surface area contributed by atoms with Crippen LogP contribution in [0.3, 0.4) is 0 Å². The van der Waals surface area contributed by atoms with E-state index in [1.165, 1.54) is 18.4 Å². The van der Waals surface area contributed by atoms with E-state index in [1.807, 2.05) is 42.5 Å². The molecule has 1 N–H and O–H groups in total. The largest absolute Gasteiger partial charge is 0.484 e. The van der Waals surface area contributed by atoms with E-state index in [0.717, 1.165) is 40.6 Å². The Labute approximate surface area is 155 Å². The number of hydrogen-bond donors (Lipinski definition) is 1.